The summed E-state index contributed by atoms with van der Waals surface area (Å²) in [5.74, 6) is -0.926. The van der Waals surface area contributed by atoms with Crippen molar-refractivity contribution in [2.45, 2.75) is 0 Å². The van der Waals surface area contributed by atoms with Crippen molar-refractivity contribution in [1.29, 1.82) is 0 Å². The fraction of sp³-hybridized carbons (Fsp3) is 0.158. The summed E-state index contributed by atoms with van der Waals surface area (Å²) in [5.41, 5.74) is 0.795. The summed E-state index contributed by atoms with van der Waals surface area (Å²) in [6, 6.07) is 10.9. The lowest BCUT2D eigenvalue weighted by Crippen LogP contribution is -2.11. The van der Waals surface area contributed by atoms with Crippen molar-refractivity contribution >= 4 is 23.6 Å². The zero-order valence-electron chi connectivity index (χ0n) is 15.4. The quantitative estimate of drug-likeness (QED) is 0.268. The van der Waals surface area contributed by atoms with Crippen LogP contribution in [0.15, 0.2) is 48.5 Å². The second-order valence-electron chi connectivity index (χ2n) is 5.49. The number of carbonyl (C=O) groups excluding carboxylic acids is 1. The number of para-hydroxylation sites is 1. The predicted octanol–water partition coefficient (Wildman–Crippen LogP) is 2.63. The van der Waals surface area contributed by atoms with Gasteiger partial charge in [-0.05, 0) is 35.9 Å². The summed E-state index contributed by atoms with van der Waals surface area (Å²) < 4.78 is 10.6. The number of benzene rings is 2. The average Bonchev–Trinajstić information content (AvgIpc) is 2.70. The van der Waals surface area contributed by atoms with Crippen molar-refractivity contribution in [2.75, 3.05) is 25.6 Å². The van der Waals surface area contributed by atoms with Gasteiger partial charge < -0.3 is 24.7 Å². The highest BCUT2D eigenvalue weighted by molar-refractivity contribution is 6.06. The molecule has 2 aromatic carbocycles. The zero-order valence-corrected chi connectivity index (χ0v) is 15.4. The zero-order chi connectivity index (χ0) is 21.2. The average molecular weight is 402 g/mol. The Hall–Kier alpha value is -4.08. The number of carboxylic acids is 1. The number of anilines is 1. The van der Waals surface area contributed by atoms with Crippen LogP contribution in [0.4, 0.5) is 5.69 Å². The Bertz CT molecular complexity index is 926. The summed E-state index contributed by atoms with van der Waals surface area (Å²) in [6.45, 7) is -0.270. The summed E-state index contributed by atoms with van der Waals surface area (Å²) in [6.07, 6.45) is 2.76. The van der Waals surface area contributed by atoms with Gasteiger partial charge in [0.2, 0.25) is 5.91 Å². The van der Waals surface area contributed by atoms with E-state index < -0.39 is 17.0 Å². The molecule has 0 saturated heterocycles. The first-order valence-corrected chi connectivity index (χ1v) is 8.30. The van der Waals surface area contributed by atoms with Crippen molar-refractivity contribution in [3.8, 4) is 11.5 Å². The van der Waals surface area contributed by atoms with Crippen LogP contribution in [0.2, 0.25) is 0 Å². The van der Waals surface area contributed by atoms with E-state index in [1.54, 1.807) is 30.3 Å². The van der Waals surface area contributed by atoms with Gasteiger partial charge in [0.05, 0.1) is 18.4 Å². The van der Waals surface area contributed by atoms with Gasteiger partial charge in [-0.1, -0.05) is 18.2 Å². The van der Waals surface area contributed by atoms with E-state index in [1.165, 1.54) is 31.4 Å². The number of rotatable bonds is 10. The normalized spacial score (nSPS) is 10.4. The molecule has 0 fully saturated rings. The second-order valence-corrected chi connectivity index (χ2v) is 5.49. The third-order valence-electron chi connectivity index (χ3n) is 3.57. The van der Waals surface area contributed by atoms with E-state index in [-0.39, 0.29) is 24.5 Å². The van der Waals surface area contributed by atoms with Crippen molar-refractivity contribution in [3.05, 3.63) is 69.8 Å². The number of amides is 1. The summed E-state index contributed by atoms with van der Waals surface area (Å²) in [4.78, 5) is 37.5. The van der Waals surface area contributed by atoms with Crippen LogP contribution < -0.4 is 14.8 Å². The van der Waals surface area contributed by atoms with Gasteiger partial charge in [-0.15, -0.1) is 10.1 Å². The number of nitrogens with one attached hydrogen (secondary N) is 1. The van der Waals surface area contributed by atoms with Gasteiger partial charge in [-0.25, -0.2) is 4.79 Å². The number of carboxylic acid groups (broad SMARTS) is 1. The van der Waals surface area contributed by atoms with Gasteiger partial charge in [-0.2, -0.15) is 0 Å². The molecule has 29 heavy (non-hydrogen) atoms. The highest BCUT2D eigenvalue weighted by Crippen LogP contribution is 2.28. The van der Waals surface area contributed by atoms with Crippen molar-refractivity contribution in [3.63, 3.8) is 0 Å². The predicted molar refractivity (Wildman–Crippen MR) is 103 cm³/mol. The summed E-state index contributed by atoms with van der Waals surface area (Å²) in [7, 11) is 1.43. The maximum Gasteiger partial charge on any atom is 0.337 e. The Kier molecular flexibility index (Phi) is 7.54. The van der Waals surface area contributed by atoms with Crippen LogP contribution in [0, 0.1) is 10.1 Å². The molecule has 0 bridgehead atoms. The Labute approximate surface area is 165 Å². The fourth-order valence-electron chi connectivity index (χ4n) is 2.30. The summed E-state index contributed by atoms with van der Waals surface area (Å²) in [5, 5.41) is 20.9. The topological polar surface area (TPSA) is 137 Å². The molecule has 0 atom stereocenters. The molecule has 0 saturated carbocycles. The molecular weight excluding hydrogens is 384 g/mol. The van der Waals surface area contributed by atoms with Gasteiger partial charge in [0.1, 0.15) is 13.2 Å². The van der Waals surface area contributed by atoms with E-state index in [0.717, 1.165) is 0 Å². The van der Waals surface area contributed by atoms with Crippen molar-refractivity contribution < 1.29 is 34.1 Å². The van der Waals surface area contributed by atoms with E-state index in [4.69, 9.17) is 14.6 Å². The third kappa shape index (κ3) is 6.54. The first-order chi connectivity index (χ1) is 13.9. The Morgan fingerprint density at radius 1 is 1.17 bits per heavy atom. The molecule has 10 heteroatoms. The van der Waals surface area contributed by atoms with Crippen LogP contribution in [0.5, 0.6) is 11.5 Å². The number of carbonyl (C=O) groups is 2. The largest absolute Gasteiger partial charge is 0.493 e. The highest BCUT2D eigenvalue weighted by Gasteiger charge is 2.10. The number of nitrogens with zero attached hydrogens (tertiary/aromatic N) is 1. The summed E-state index contributed by atoms with van der Waals surface area (Å²) >= 11 is 0. The van der Waals surface area contributed by atoms with Gasteiger partial charge in [0, 0.05) is 6.08 Å². The molecule has 2 N–H and O–H groups in total. The lowest BCUT2D eigenvalue weighted by atomic mass is 10.1. The standard InChI is InChI=1S/C19H18N2O8/c1-27-17-12-13(6-8-16(17)28-10-11-29-21(25)26)7-9-18(22)20-15-5-3-2-4-14(15)19(23)24/h2-9,12H,10-11H2,1H3,(H,20,22)(H,23,24)/b9-7+. The second kappa shape index (κ2) is 10.3. The minimum atomic E-state index is -1.14. The molecule has 1 amide bonds. The number of aromatic carboxylic acids is 1. The maximum absolute atomic E-state index is 12.1. The number of hydrogen-bond donors (Lipinski definition) is 2. The molecule has 0 radical (unpaired) electrons. The fourth-order valence-corrected chi connectivity index (χ4v) is 2.30. The van der Waals surface area contributed by atoms with Crippen LogP contribution in [0.1, 0.15) is 15.9 Å². The first-order valence-electron chi connectivity index (χ1n) is 8.30. The van der Waals surface area contributed by atoms with Crippen LogP contribution in [-0.4, -0.2) is 42.4 Å². The lowest BCUT2D eigenvalue weighted by molar-refractivity contribution is -0.757. The molecule has 0 aromatic heterocycles. The molecule has 10 nitrogen and oxygen atoms in total. The van der Waals surface area contributed by atoms with Crippen LogP contribution in [0.25, 0.3) is 6.08 Å². The molecule has 0 aliphatic rings. The Morgan fingerprint density at radius 3 is 2.62 bits per heavy atom. The van der Waals surface area contributed by atoms with Gasteiger partial charge in [0.25, 0.3) is 5.09 Å². The molecule has 0 heterocycles. The van der Waals surface area contributed by atoms with E-state index >= 15 is 0 Å². The molecule has 0 unspecified atom stereocenters. The Balaban J connectivity index is 2.02. The van der Waals surface area contributed by atoms with Crippen LogP contribution in [-0.2, 0) is 9.63 Å². The van der Waals surface area contributed by atoms with Crippen molar-refractivity contribution in [1.82, 2.24) is 0 Å². The van der Waals surface area contributed by atoms with E-state index in [1.807, 2.05) is 0 Å². The minimum Gasteiger partial charge on any atom is -0.493 e. The molecule has 0 spiro atoms. The first kappa shape index (κ1) is 21.2. The Morgan fingerprint density at radius 2 is 1.93 bits per heavy atom. The van der Waals surface area contributed by atoms with Crippen molar-refractivity contribution in [2.24, 2.45) is 0 Å². The monoisotopic (exact) mass is 402 g/mol. The maximum atomic E-state index is 12.1. The molecule has 0 aliphatic heterocycles. The van der Waals surface area contributed by atoms with Crippen LogP contribution >= 0.6 is 0 Å². The third-order valence-corrected chi connectivity index (χ3v) is 3.57. The number of ether oxygens (including phenoxy) is 2. The van der Waals surface area contributed by atoms with Gasteiger partial charge in [0.15, 0.2) is 11.5 Å². The molecule has 2 rings (SSSR count). The van der Waals surface area contributed by atoms with Gasteiger partial charge in [-0.3, -0.25) is 4.79 Å². The minimum absolute atomic E-state index is 0.0153. The SMILES string of the molecule is COc1cc(/C=C/C(=O)Nc2ccccc2C(=O)O)ccc1OCCO[N+](=O)[O-]. The smallest absolute Gasteiger partial charge is 0.337 e. The van der Waals surface area contributed by atoms with E-state index in [2.05, 4.69) is 10.2 Å². The van der Waals surface area contributed by atoms with Crippen LogP contribution in [0.3, 0.4) is 0 Å². The molecule has 152 valence electrons. The van der Waals surface area contributed by atoms with E-state index in [0.29, 0.717) is 17.1 Å². The molecule has 0 aliphatic carbocycles. The highest BCUT2D eigenvalue weighted by atomic mass is 17.0. The molecule has 2 aromatic rings. The number of hydrogen-bond acceptors (Lipinski definition) is 7. The van der Waals surface area contributed by atoms with Gasteiger partial charge >= 0.3 is 5.97 Å². The van der Waals surface area contributed by atoms with E-state index in [9.17, 15) is 19.7 Å². The lowest BCUT2D eigenvalue weighted by Gasteiger charge is -2.11. The number of methoxy groups -OCH3 is 1. The molecular formula is C19H18N2O8.